The molecule has 3 N–H and O–H groups in total. The molecule has 1 fully saturated rings. The molecule has 0 unspecified atom stereocenters. The molecule has 0 radical (unpaired) electrons. The molecule has 2 aromatic rings. The van der Waals surface area contributed by atoms with Gasteiger partial charge in [0.05, 0.1) is 12.1 Å². The van der Waals surface area contributed by atoms with E-state index in [-0.39, 0.29) is 30.1 Å². The molecule has 1 atom stereocenters. The van der Waals surface area contributed by atoms with E-state index in [1.165, 1.54) is 6.07 Å². The number of amides is 2. The average molecular weight is 560 g/mol. The van der Waals surface area contributed by atoms with Gasteiger partial charge in [0.2, 0.25) is 17.9 Å². The number of aromatic amines is 1. The monoisotopic (exact) mass is 559 g/mol. The number of hydrogen-bond acceptors (Lipinski definition) is 5. The number of pyridine rings is 1. The lowest BCUT2D eigenvalue weighted by atomic mass is 10.1. The van der Waals surface area contributed by atoms with Gasteiger partial charge in [0.1, 0.15) is 0 Å². The van der Waals surface area contributed by atoms with Crippen LogP contribution in [0.5, 0.6) is 0 Å². The highest BCUT2D eigenvalue weighted by Gasteiger charge is 2.24. The number of nitrogens with one attached hydrogen (secondary N) is 2. The van der Waals surface area contributed by atoms with Crippen LogP contribution in [0.3, 0.4) is 0 Å². The lowest BCUT2D eigenvalue weighted by Gasteiger charge is -2.20. The van der Waals surface area contributed by atoms with Crippen molar-refractivity contribution in [2.45, 2.75) is 73.0 Å². The summed E-state index contributed by atoms with van der Waals surface area (Å²) in [6.07, 6.45) is 10.7. The predicted octanol–water partition coefficient (Wildman–Crippen LogP) is 4.83. The fraction of sp³-hybridized carbons (Fsp3) is 0.484. The summed E-state index contributed by atoms with van der Waals surface area (Å²) in [5, 5.41) is 9.26. The molecule has 1 aromatic carbocycles. The number of ether oxygens (including phenoxy) is 1. The molecular formula is C31H49N3O6. The summed E-state index contributed by atoms with van der Waals surface area (Å²) in [4.78, 5) is 45.2. The van der Waals surface area contributed by atoms with E-state index in [0.717, 1.165) is 36.6 Å². The van der Waals surface area contributed by atoms with Gasteiger partial charge in [-0.1, -0.05) is 57.2 Å². The van der Waals surface area contributed by atoms with Gasteiger partial charge in [0.15, 0.2) is 0 Å². The Morgan fingerprint density at radius 2 is 1.62 bits per heavy atom. The van der Waals surface area contributed by atoms with E-state index in [2.05, 4.69) is 43.9 Å². The minimum Gasteiger partial charge on any atom is -0.483 e. The molecule has 1 aromatic heterocycles. The van der Waals surface area contributed by atoms with Crippen molar-refractivity contribution in [2.24, 2.45) is 5.92 Å². The van der Waals surface area contributed by atoms with Gasteiger partial charge in [-0.2, -0.15) is 0 Å². The van der Waals surface area contributed by atoms with Gasteiger partial charge < -0.3 is 25.0 Å². The minimum absolute atomic E-state index is 0.0205. The standard InChI is InChI=1S/C11H9NO.C8H14N2O2.C5H12O.C4H10.C2H2.CH2O2/c13-11-8-4-7-10(12-11)9-5-2-1-3-6-9;1-7-3-2-4-10(7)8(12)5-9-6-11;1-5(2,3)6-4;1-4(2)3;1-2;2-1-3/h1-8H,(H,12,13);6-7H,2-5H2,1H3,(H,9,11);1-4H3;4H,1-3H3;1-2H;1H,(H,2,3)/t;7-;;;;/m.1..../s1. The summed E-state index contributed by atoms with van der Waals surface area (Å²) >= 11 is 0. The van der Waals surface area contributed by atoms with Crippen molar-refractivity contribution >= 4 is 18.8 Å². The van der Waals surface area contributed by atoms with Gasteiger partial charge in [0, 0.05) is 31.5 Å². The minimum atomic E-state index is -0.250. The number of terminal acetylenes is 1. The second-order valence-electron chi connectivity index (χ2n) is 10.0. The second-order valence-corrected chi connectivity index (χ2v) is 10.0. The molecule has 0 saturated carbocycles. The molecule has 9 nitrogen and oxygen atoms in total. The third kappa shape index (κ3) is 24.4. The molecule has 2 heterocycles. The third-order valence-corrected chi connectivity index (χ3v) is 4.68. The van der Waals surface area contributed by atoms with E-state index in [9.17, 15) is 14.4 Å². The third-order valence-electron chi connectivity index (χ3n) is 4.68. The number of rotatable bonds is 4. The number of carbonyl (C=O) groups is 3. The van der Waals surface area contributed by atoms with Crippen molar-refractivity contribution in [3.05, 3.63) is 58.9 Å². The first-order valence-electron chi connectivity index (χ1n) is 13.0. The van der Waals surface area contributed by atoms with E-state index in [1.54, 1.807) is 13.2 Å². The maximum Gasteiger partial charge on any atom is 0.290 e. The zero-order valence-electron chi connectivity index (χ0n) is 25.3. The van der Waals surface area contributed by atoms with E-state index >= 15 is 0 Å². The Bertz CT molecular complexity index is 979. The highest BCUT2D eigenvalue weighted by molar-refractivity contribution is 5.80. The largest absolute Gasteiger partial charge is 0.483 e. The van der Waals surface area contributed by atoms with Crippen LogP contribution < -0.4 is 10.9 Å². The second kappa shape index (κ2) is 25.4. The van der Waals surface area contributed by atoms with E-state index in [1.807, 2.05) is 69.0 Å². The normalized spacial score (nSPS) is 13.0. The SMILES string of the molecule is C#C.CC(C)C.COC(C)(C)C.C[C@@H]1CCCN1C(=O)CNC=O.O=CO.O=c1cccc(-c2ccccc2)[nH]1. The van der Waals surface area contributed by atoms with Gasteiger partial charge >= 0.3 is 0 Å². The molecule has 224 valence electrons. The van der Waals surface area contributed by atoms with Gasteiger partial charge in [-0.05, 0) is 58.1 Å². The van der Waals surface area contributed by atoms with Crippen LogP contribution in [0.25, 0.3) is 11.3 Å². The van der Waals surface area contributed by atoms with Gasteiger partial charge in [0.25, 0.3) is 6.47 Å². The van der Waals surface area contributed by atoms with Crippen LogP contribution in [0.1, 0.15) is 61.3 Å². The summed E-state index contributed by atoms with van der Waals surface area (Å²) in [6.45, 7) is 15.3. The van der Waals surface area contributed by atoms with Crippen molar-refractivity contribution in [1.82, 2.24) is 15.2 Å². The molecular weight excluding hydrogens is 510 g/mol. The van der Waals surface area contributed by atoms with Crippen LogP contribution in [0, 0.1) is 18.8 Å². The molecule has 1 saturated heterocycles. The van der Waals surface area contributed by atoms with Gasteiger partial charge in [-0.3, -0.25) is 19.2 Å². The smallest absolute Gasteiger partial charge is 0.290 e. The Balaban J connectivity index is -0.000000465. The van der Waals surface area contributed by atoms with E-state index in [4.69, 9.17) is 14.6 Å². The van der Waals surface area contributed by atoms with Crippen molar-refractivity contribution in [3.63, 3.8) is 0 Å². The average Bonchev–Trinajstić information content (AvgIpc) is 3.35. The number of hydrogen-bond donors (Lipinski definition) is 3. The van der Waals surface area contributed by atoms with Gasteiger partial charge in [-0.25, -0.2) is 0 Å². The molecule has 0 spiro atoms. The fourth-order valence-corrected chi connectivity index (χ4v) is 2.77. The number of benzene rings is 1. The molecule has 1 aliphatic rings. The Kier molecular flexibility index (Phi) is 25.8. The maximum absolute atomic E-state index is 11.3. The lowest BCUT2D eigenvalue weighted by Crippen LogP contribution is -2.39. The summed E-state index contributed by atoms with van der Waals surface area (Å²) < 4.78 is 4.94. The summed E-state index contributed by atoms with van der Waals surface area (Å²) in [7, 11) is 1.71. The first kappa shape index (κ1) is 40.6. The number of methoxy groups -OCH3 is 1. The zero-order valence-corrected chi connectivity index (χ0v) is 25.3. The zero-order chi connectivity index (χ0) is 31.6. The first-order chi connectivity index (χ1) is 18.8. The Hall–Kier alpha value is -3.90. The molecule has 40 heavy (non-hydrogen) atoms. The number of nitrogens with zero attached hydrogens (tertiary/aromatic N) is 1. The number of carboxylic acid groups (broad SMARTS) is 1. The highest BCUT2D eigenvalue weighted by atomic mass is 16.5. The summed E-state index contributed by atoms with van der Waals surface area (Å²) in [5.74, 6) is 0.854. The molecule has 9 heteroatoms. The fourth-order valence-electron chi connectivity index (χ4n) is 2.77. The van der Waals surface area contributed by atoms with Crippen LogP contribution in [-0.4, -0.2) is 65.6 Å². The molecule has 0 aliphatic carbocycles. The number of H-pyrrole nitrogens is 1. The molecule has 2 amide bonds. The van der Waals surface area contributed by atoms with Crippen LogP contribution in [0.15, 0.2) is 53.3 Å². The van der Waals surface area contributed by atoms with Crippen LogP contribution in [0.4, 0.5) is 0 Å². The summed E-state index contributed by atoms with van der Waals surface area (Å²) in [6, 6.07) is 15.2. The maximum atomic E-state index is 11.3. The Morgan fingerprint density at radius 1 is 1.12 bits per heavy atom. The Morgan fingerprint density at radius 3 is 2.00 bits per heavy atom. The lowest BCUT2D eigenvalue weighted by molar-refractivity contribution is -0.131. The predicted molar refractivity (Wildman–Crippen MR) is 163 cm³/mol. The van der Waals surface area contributed by atoms with Crippen molar-refractivity contribution in [3.8, 4) is 24.1 Å². The topological polar surface area (TPSA) is 129 Å². The van der Waals surface area contributed by atoms with Crippen molar-refractivity contribution in [1.29, 1.82) is 0 Å². The first-order valence-corrected chi connectivity index (χ1v) is 13.0. The summed E-state index contributed by atoms with van der Waals surface area (Å²) in [5.41, 5.74) is 1.86. The van der Waals surface area contributed by atoms with Crippen molar-refractivity contribution < 1.29 is 24.2 Å². The number of carbonyl (C=O) groups excluding carboxylic acids is 2. The van der Waals surface area contributed by atoms with Gasteiger partial charge in [-0.15, -0.1) is 12.8 Å². The molecule has 3 rings (SSSR count). The van der Waals surface area contributed by atoms with E-state index in [0.29, 0.717) is 12.5 Å². The van der Waals surface area contributed by atoms with Crippen LogP contribution in [-0.2, 0) is 19.1 Å². The molecule has 1 aliphatic heterocycles. The van der Waals surface area contributed by atoms with Crippen LogP contribution >= 0.6 is 0 Å². The number of aromatic nitrogens is 1. The highest BCUT2D eigenvalue weighted by Crippen LogP contribution is 2.15. The van der Waals surface area contributed by atoms with Crippen LogP contribution in [0.2, 0.25) is 0 Å². The molecule has 0 bridgehead atoms. The van der Waals surface area contributed by atoms with E-state index < -0.39 is 0 Å². The Labute approximate surface area is 240 Å². The van der Waals surface area contributed by atoms with Crippen molar-refractivity contribution in [2.75, 3.05) is 20.2 Å². The number of likely N-dealkylation sites (tertiary alicyclic amines) is 1. The quantitative estimate of drug-likeness (QED) is 0.364.